The number of carbonyl (C=O) groups is 1. The molecule has 0 unspecified atom stereocenters. The molecule has 5 heteroatoms. The minimum Gasteiger partial charge on any atom is -0.496 e. The number of rotatable bonds is 3. The standard InChI is InChI=1S/C12H13F3O2/c1-7-4-9(5-8(2)11(7)17-3)6-10(16)12(13,14)15/h4-5H,6H2,1-3H3. The summed E-state index contributed by atoms with van der Waals surface area (Å²) in [6.45, 7) is 3.46. The van der Waals surface area contributed by atoms with Gasteiger partial charge in [0.15, 0.2) is 0 Å². The molecule has 0 aliphatic heterocycles. The Bertz CT molecular complexity index is 413. The molecule has 0 saturated heterocycles. The maximum Gasteiger partial charge on any atom is 0.450 e. The second kappa shape index (κ2) is 4.77. The van der Waals surface area contributed by atoms with Crippen LogP contribution in [0.3, 0.4) is 0 Å². The Kier molecular flexibility index (Phi) is 3.80. The molecule has 0 heterocycles. The third-order valence-electron chi connectivity index (χ3n) is 2.41. The van der Waals surface area contributed by atoms with Gasteiger partial charge in [0.05, 0.1) is 7.11 Å². The van der Waals surface area contributed by atoms with Crippen molar-refractivity contribution in [2.75, 3.05) is 7.11 Å². The Hall–Kier alpha value is -1.52. The quantitative estimate of drug-likeness (QED) is 0.819. The topological polar surface area (TPSA) is 26.3 Å². The van der Waals surface area contributed by atoms with E-state index in [1.807, 2.05) is 0 Å². The van der Waals surface area contributed by atoms with E-state index in [0.29, 0.717) is 11.3 Å². The van der Waals surface area contributed by atoms with Gasteiger partial charge in [-0.2, -0.15) is 13.2 Å². The second-order valence-corrected chi connectivity index (χ2v) is 3.86. The molecule has 0 saturated carbocycles. The molecule has 0 atom stereocenters. The van der Waals surface area contributed by atoms with Gasteiger partial charge in [-0.3, -0.25) is 4.79 Å². The zero-order valence-electron chi connectivity index (χ0n) is 9.81. The highest BCUT2D eigenvalue weighted by Crippen LogP contribution is 2.26. The molecule has 1 rings (SSSR count). The molecule has 2 nitrogen and oxygen atoms in total. The Morgan fingerprint density at radius 2 is 1.71 bits per heavy atom. The molecule has 0 aliphatic rings. The number of ether oxygens (including phenoxy) is 1. The number of hydrogen-bond donors (Lipinski definition) is 0. The molecule has 0 radical (unpaired) electrons. The smallest absolute Gasteiger partial charge is 0.450 e. The van der Waals surface area contributed by atoms with E-state index in [1.165, 1.54) is 19.2 Å². The highest BCUT2D eigenvalue weighted by molar-refractivity contribution is 5.86. The van der Waals surface area contributed by atoms with Gasteiger partial charge in [0, 0.05) is 6.42 Å². The number of halogens is 3. The van der Waals surface area contributed by atoms with Gasteiger partial charge >= 0.3 is 6.18 Å². The fourth-order valence-corrected chi connectivity index (χ4v) is 1.75. The van der Waals surface area contributed by atoms with Crippen molar-refractivity contribution in [3.8, 4) is 5.75 Å². The average molecular weight is 246 g/mol. The number of carbonyl (C=O) groups excluding carboxylic acids is 1. The van der Waals surface area contributed by atoms with Crippen molar-refractivity contribution in [2.24, 2.45) is 0 Å². The van der Waals surface area contributed by atoms with E-state index < -0.39 is 18.4 Å². The van der Waals surface area contributed by atoms with E-state index in [1.54, 1.807) is 13.8 Å². The number of benzene rings is 1. The first kappa shape index (κ1) is 13.5. The summed E-state index contributed by atoms with van der Waals surface area (Å²) in [5.41, 5.74) is 1.79. The average Bonchev–Trinajstić information content (AvgIpc) is 2.15. The van der Waals surface area contributed by atoms with Gasteiger partial charge in [0.2, 0.25) is 5.78 Å². The van der Waals surface area contributed by atoms with Crippen LogP contribution in [0.5, 0.6) is 5.75 Å². The van der Waals surface area contributed by atoms with Crippen LogP contribution in [0.4, 0.5) is 13.2 Å². The Labute approximate surface area is 97.4 Å². The minimum absolute atomic E-state index is 0.350. The van der Waals surface area contributed by atoms with Gasteiger partial charge < -0.3 is 4.74 Å². The summed E-state index contributed by atoms with van der Waals surface area (Å²) in [5, 5.41) is 0. The molecule has 0 spiro atoms. The largest absolute Gasteiger partial charge is 0.496 e. The van der Waals surface area contributed by atoms with Crippen LogP contribution < -0.4 is 4.74 Å². The highest BCUT2D eigenvalue weighted by atomic mass is 19.4. The first-order chi connectivity index (χ1) is 7.75. The van der Waals surface area contributed by atoms with Crippen LogP contribution in [0, 0.1) is 13.8 Å². The van der Waals surface area contributed by atoms with Crippen LogP contribution in [0.1, 0.15) is 16.7 Å². The van der Waals surface area contributed by atoms with Crippen LogP contribution in [-0.2, 0) is 11.2 Å². The van der Waals surface area contributed by atoms with Gasteiger partial charge in [-0.05, 0) is 30.5 Å². The summed E-state index contributed by atoms with van der Waals surface area (Å²) >= 11 is 0. The van der Waals surface area contributed by atoms with Crippen LogP contribution in [0.15, 0.2) is 12.1 Å². The number of Topliss-reactive ketones (excluding diaryl/α,β-unsaturated/α-hetero) is 1. The molecule has 0 N–H and O–H groups in total. The lowest BCUT2D eigenvalue weighted by Gasteiger charge is -2.11. The van der Waals surface area contributed by atoms with Gasteiger partial charge in [-0.25, -0.2) is 0 Å². The maximum absolute atomic E-state index is 12.1. The molecule has 94 valence electrons. The van der Waals surface area contributed by atoms with Crippen molar-refractivity contribution in [2.45, 2.75) is 26.4 Å². The van der Waals surface area contributed by atoms with Crippen LogP contribution in [0.2, 0.25) is 0 Å². The normalized spacial score (nSPS) is 11.4. The lowest BCUT2D eigenvalue weighted by molar-refractivity contribution is -0.170. The van der Waals surface area contributed by atoms with Crippen LogP contribution >= 0.6 is 0 Å². The van der Waals surface area contributed by atoms with Crippen LogP contribution in [0.25, 0.3) is 0 Å². The summed E-state index contributed by atoms with van der Waals surface area (Å²) in [6, 6.07) is 3.07. The van der Waals surface area contributed by atoms with E-state index in [-0.39, 0.29) is 0 Å². The molecule has 0 fully saturated rings. The second-order valence-electron chi connectivity index (χ2n) is 3.86. The molecule has 0 bridgehead atoms. The van der Waals surface area contributed by atoms with Crippen molar-refractivity contribution in [3.05, 3.63) is 28.8 Å². The van der Waals surface area contributed by atoms with Crippen LogP contribution in [-0.4, -0.2) is 19.1 Å². The van der Waals surface area contributed by atoms with Crippen molar-refractivity contribution in [3.63, 3.8) is 0 Å². The Morgan fingerprint density at radius 3 is 2.06 bits per heavy atom. The molecule has 1 aromatic rings. The van der Waals surface area contributed by atoms with Crippen molar-refractivity contribution < 1.29 is 22.7 Å². The molecular weight excluding hydrogens is 233 g/mol. The third-order valence-corrected chi connectivity index (χ3v) is 2.41. The molecular formula is C12H13F3O2. The van der Waals surface area contributed by atoms with E-state index in [9.17, 15) is 18.0 Å². The zero-order chi connectivity index (χ0) is 13.2. The fraction of sp³-hybridized carbons (Fsp3) is 0.417. The summed E-state index contributed by atoms with van der Waals surface area (Å²) in [7, 11) is 1.50. The number of alkyl halides is 3. The van der Waals surface area contributed by atoms with Gasteiger partial charge in [0.25, 0.3) is 0 Å². The Balaban J connectivity index is 2.99. The zero-order valence-corrected chi connectivity index (χ0v) is 9.81. The molecule has 17 heavy (non-hydrogen) atoms. The molecule has 0 aliphatic carbocycles. The van der Waals surface area contributed by atoms with Gasteiger partial charge in [0.1, 0.15) is 5.75 Å². The van der Waals surface area contributed by atoms with E-state index in [4.69, 9.17) is 4.74 Å². The number of ketones is 1. The Morgan fingerprint density at radius 1 is 1.24 bits per heavy atom. The summed E-state index contributed by atoms with van der Waals surface area (Å²) < 4.78 is 41.4. The summed E-state index contributed by atoms with van der Waals surface area (Å²) in [6.07, 6.45) is -5.41. The van der Waals surface area contributed by atoms with Gasteiger partial charge in [-0.1, -0.05) is 12.1 Å². The number of aryl methyl sites for hydroxylation is 2. The SMILES string of the molecule is COc1c(C)cc(CC(=O)C(F)(F)F)cc1C. The van der Waals surface area contributed by atoms with E-state index in [0.717, 1.165) is 11.1 Å². The molecule has 1 aromatic carbocycles. The fourth-order valence-electron chi connectivity index (χ4n) is 1.75. The van der Waals surface area contributed by atoms with Crippen molar-refractivity contribution >= 4 is 5.78 Å². The maximum atomic E-state index is 12.1. The number of hydrogen-bond acceptors (Lipinski definition) is 2. The van der Waals surface area contributed by atoms with E-state index in [2.05, 4.69) is 0 Å². The predicted octanol–water partition coefficient (Wildman–Crippen LogP) is 2.99. The van der Waals surface area contributed by atoms with Gasteiger partial charge in [-0.15, -0.1) is 0 Å². The summed E-state index contributed by atoms with van der Waals surface area (Å²) in [5.74, 6) is -1.10. The molecule has 0 amide bonds. The predicted molar refractivity (Wildman–Crippen MR) is 57.2 cm³/mol. The lowest BCUT2D eigenvalue weighted by Crippen LogP contribution is -2.24. The molecule has 0 aromatic heterocycles. The lowest BCUT2D eigenvalue weighted by atomic mass is 10.0. The first-order valence-electron chi connectivity index (χ1n) is 5.00. The van der Waals surface area contributed by atoms with Crippen molar-refractivity contribution in [1.29, 1.82) is 0 Å². The first-order valence-corrected chi connectivity index (χ1v) is 5.00. The monoisotopic (exact) mass is 246 g/mol. The minimum atomic E-state index is -4.78. The third kappa shape index (κ3) is 3.22. The number of methoxy groups -OCH3 is 1. The van der Waals surface area contributed by atoms with Crippen molar-refractivity contribution in [1.82, 2.24) is 0 Å². The summed E-state index contributed by atoms with van der Waals surface area (Å²) in [4.78, 5) is 10.9. The van der Waals surface area contributed by atoms with E-state index >= 15 is 0 Å². The highest BCUT2D eigenvalue weighted by Gasteiger charge is 2.37.